The third-order valence-electron chi connectivity index (χ3n) is 3.33. The number of carbonyl (C=O) groups is 1. The van der Waals surface area contributed by atoms with Crippen molar-refractivity contribution in [3.8, 4) is 5.75 Å². The zero-order valence-corrected chi connectivity index (χ0v) is 10.8. The van der Waals surface area contributed by atoms with Crippen LogP contribution in [0.2, 0.25) is 0 Å². The number of rotatable bonds is 3. The van der Waals surface area contributed by atoms with Crippen molar-refractivity contribution in [3.63, 3.8) is 0 Å². The summed E-state index contributed by atoms with van der Waals surface area (Å²) in [6.07, 6.45) is 1.92. The third-order valence-corrected chi connectivity index (χ3v) is 3.33. The van der Waals surface area contributed by atoms with Gasteiger partial charge in [0.15, 0.2) is 0 Å². The van der Waals surface area contributed by atoms with E-state index in [1.807, 2.05) is 18.2 Å². The standard InChI is InChI=1S/C14H20N2O2/c1-16-9-7-12(8-10-16)11-15-14(17)18-13-5-3-2-4-6-13/h2-6,12H,7-11H2,1H3,(H,15,17). The molecule has 98 valence electrons. The first-order valence-electron chi connectivity index (χ1n) is 6.43. The van der Waals surface area contributed by atoms with Gasteiger partial charge < -0.3 is 15.0 Å². The second-order valence-corrected chi connectivity index (χ2v) is 4.83. The SMILES string of the molecule is CN1CCC(CNC(=O)Oc2ccccc2)CC1. The summed E-state index contributed by atoms with van der Waals surface area (Å²) in [5, 5.41) is 2.84. The van der Waals surface area contributed by atoms with Gasteiger partial charge in [0.05, 0.1) is 0 Å². The second kappa shape index (κ2) is 6.40. The van der Waals surface area contributed by atoms with Crippen molar-refractivity contribution < 1.29 is 9.53 Å². The Hall–Kier alpha value is -1.55. The minimum atomic E-state index is -0.361. The highest BCUT2D eigenvalue weighted by atomic mass is 16.5. The molecule has 0 spiro atoms. The molecule has 0 saturated carbocycles. The smallest absolute Gasteiger partial charge is 0.410 e. The fourth-order valence-corrected chi connectivity index (χ4v) is 2.13. The molecular formula is C14H20N2O2. The lowest BCUT2D eigenvalue weighted by molar-refractivity contribution is 0.187. The summed E-state index contributed by atoms with van der Waals surface area (Å²) in [7, 11) is 2.13. The van der Waals surface area contributed by atoms with E-state index in [-0.39, 0.29) is 6.09 Å². The van der Waals surface area contributed by atoms with E-state index < -0.39 is 0 Å². The molecule has 1 amide bonds. The molecule has 1 heterocycles. The van der Waals surface area contributed by atoms with Crippen LogP contribution in [-0.2, 0) is 0 Å². The van der Waals surface area contributed by atoms with Gasteiger partial charge in [0, 0.05) is 6.54 Å². The van der Waals surface area contributed by atoms with E-state index >= 15 is 0 Å². The van der Waals surface area contributed by atoms with Crippen LogP contribution in [0.4, 0.5) is 4.79 Å². The molecule has 4 heteroatoms. The number of hydrogen-bond donors (Lipinski definition) is 1. The molecule has 1 aliphatic heterocycles. The maximum atomic E-state index is 11.6. The topological polar surface area (TPSA) is 41.6 Å². The quantitative estimate of drug-likeness (QED) is 0.891. The molecule has 0 radical (unpaired) electrons. The second-order valence-electron chi connectivity index (χ2n) is 4.83. The van der Waals surface area contributed by atoms with Gasteiger partial charge in [-0.15, -0.1) is 0 Å². The lowest BCUT2D eigenvalue weighted by atomic mass is 9.97. The summed E-state index contributed by atoms with van der Waals surface area (Å²) in [4.78, 5) is 13.9. The van der Waals surface area contributed by atoms with Crippen LogP contribution >= 0.6 is 0 Å². The van der Waals surface area contributed by atoms with Gasteiger partial charge in [-0.2, -0.15) is 0 Å². The van der Waals surface area contributed by atoms with Crippen molar-refractivity contribution >= 4 is 6.09 Å². The Morgan fingerprint density at radius 3 is 2.67 bits per heavy atom. The van der Waals surface area contributed by atoms with Crippen LogP contribution in [0, 0.1) is 5.92 Å². The van der Waals surface area contributed by atoms with E-state index in [2.05, 4.69) is 17.3 Å². The maximum Gasteiger partial charge on any atom is 0.412 e. The summed E-state index contributed by atoms with van der Waals surface area (Å²) in [5.74, 6) is 1.16. The van der Waals surface area contributed by atoms with Crippen molar-refractivity contribution in [2.24, 2.45) is 5.92 Å². The van der Waals surface area contributed by atoms with Gasteiger partial charge in [-0.3, -0.25) is 0 Å². The first-order valence-corrected chi connectivity index (χ1v) is 6.43. The largest absolute Gasteiger partial charge is 0.412 e. The Morgan fingerprint density at radius 2 is 2.00 bits per heavy atom. The number of ether oxygens (including phenoxy) is 1. The summed E-state index contributed by atoms with van der Waals surface area (Å²) in [6.45, 7) is 2.93. The predicted molar refractivity (Wildman–Crippen MR) is 70.7 cm³/mol. The van der Waals surface area contributed by atoms with E-state index in [0.717, 1.165) is 25.9 Å². The summed E-state index contributed by atoms with van der Waals surface area (Å²) >= 11 is 0. The maximum absolute atomic E-state index is 11.6. The summed E-state index contributed by atoms with van der Waals surface area (Å²) < 4.78 is 5.17. The number of para-hydroxylation sites is 1. The molecule has 0 aromatic heterocycles. The van der Waals surface area contributed by atoms with Gasteiger partial charge in [0.1, 0.15) is 5.75 Å². The number of benzene rings is 1. The molecule has 4 nitrogen and oxygen atoms in total. The molecule has 0 atom stereocenters. The number of likely N-dealkylation sites (tertiary alicyclic amines) is 1. The highest BCUT2D eigenvalue weighted by molar-refractivity contribution is 5.70. The van der Waals surface area contributed by atoms with Crippen LogP contribution in [0.25, 0.3) is 0 Å². The normalized spacial score (nSPS) is 17.4. The molecule has 0 unspecified atom stereocenters. The van der Waals surface area contributed by atoms with Crippen LogP contribution in [0.15, 0.2) is 30.3 Å². The van der Waals surface area contributed by atoms with E-state index in [1.54, 1.807) is 12.1 Å². The fourth-order valence-electron chi connectivity index (χ4n) is 2.13. The minimum absolute atomic E-state index is 0.361. The number of nitrogens with zero attached hydrogens (tertiary/aromatic N) is 1. The van der Waals surface area contributed by atoms with Crippen LogP contribution in [0.3, 0.4) is 0 Å². The van der Waals surface area contributed by atoms with Crippen LogP contribution < -0.4 is 10.1 Å². The van der Waals surface area contributed by atoms with Gasteiger partial charge in [-0.1, -0.05) is 18.2 Å². The first-order chi connectivity index (χ1) is 8.74. The first kappa shape index (κ1) is 12.9. The van der Waals surface area contributed by atoms with Crippen molar-refractivity contribution in [2.75, 3.05) is 26.7 Å². The van der Waals surface area contributed by atoms with Gasteiger partial charge in [-0.25, -0.2) is 4.79 Å². The van der Waals surface area contributed by atoms with Gasteiger partial charge >= 0.3 is 6.09 Å². The van der Waals surface area contributed by atoms with Gasteiger partial charge in [-0.05, 0) is 51.0 Å². The van der Waals surface area contributed by atoms with Gasteiger partial charge in [0.2, 0.25) is 0 Å². The molecule has 0 aliphatic carbocycles. The molecule has 1 N–H and O–H groups in total. The van der Waals surface area contributed by atoms with Crippen molar-refractivity contribution in [1.82, 2.24) is 10.2 Å². The molecule has 18 heavy (non-hydrogen) atoms. The van der Waals surface area contributed by atoms with E-state index in [0.29, 0.717) is 18.2 Å². The molecule has 0 bridgehead atoms. The zero-order chi connectivity index (χ0) is 12.8. The predicted octanol–water partition coefficient (Wildman–Crippen LogP) is 2.12. The summed E-state index contributed by atoms with van der Waals surface area (Å²) in [6, 6.07) is 9.13. The third kappa shape index (κ3) is 4.04. The van der Waals surface area contributed by atoms with Crippen molar-refractivity contribution in [1.29, 1.82) is 0 Å². The molecule has 1 aromatic rings. The molecule has 1 saturated heterocycles. The average molecular weight is 248 g/mol. The fraction of sp³-hybridized carbons (Fsp3) is 0.500. The van der Waals surface area contributed by atoms with Crippen LogP contribution in [0.1, 0.15) is 12.8 Å². The Morgan fingerprint density at radius 1 is 1.33 bits per heavy atom. The monoisotopic (exact) mass is 248 g/mol. The Labute approximate surface area is 108 Å². The molecule has 1 aliphatic rings. The highest BCUT2D eigenvalue weighted by Gasteiger charge is 2.17. The molecule has 1 aromatic carbocycles. The number of nitrogens with one attached hydrogen (secondary N) is 1. The van der Waals surface area contributed by atoms with E-state index in [9.17, 15) is 4.79 Å². The molecule has 1 fully saturated rings. The van der Waals surface area contributed by atoms with Gasteiger partial charge in [0.25, 0.3) is 0 Å². The minimum Gasteiger partial charge on any atom is -0.410 e. The number of carbonyl (C=O) groups excluding carboxylic acids is 1. The van der Waals surface area contributed by atoms with Crippen LogP contribution in [0.5, 0.6) is 5.75 Å². The molecular weight excluding hydrogens is 228 g/mol. The Bertz CT molecular complexity index is 373. The lowest BCUT2D eigenvalue weighted by Gasteiger charge is -2.28. The average Bonchev–Trinajstić information content (AvgIpc) is 2.39. The molecule has 2 rings (SSSR count). The number of hydrogen-bond acceptors (Lipinski definition) is 3. The highest BCUT2D eigenvalue weighted by Crippen LogP contribution is 2.15. The Kier molecular flexibility index (Phi) is 4.59. The number of piperidine rings is 1. The van der Waals surface area contributed by atoms with Crippen molar-refractivity contribution in [3.05, 3.63) is 30.3 Å². The Balaban J connectivity index is 1.69. The van der Waals surface area contributed by atoms with Crippen LogP contribution in [-0.4, -0.2) is 37.7 Å². The zero-order valence-electron chi connectivity index (χ0n) is 10.8. The lowest BCUT2D eigenvalue weighted by Crippen LogP contribution is -2.37. The summed E-state index contributed by atoms with van der Waals surface area (Å²) in [5.41, 5.74) is 0. The van der Waals surface area contributed by atoms with Crippen molar-refractivity contribution in [2.45, 2.75) is 12.8 Å². The number of amides is 1. The van der Waals surface area contributed by atoms with E-state index in [1.165, 1.54) is 0 Å². The van der Waals surface area contributed by atoms with E-state index in [4.69, 9.17) is 4.74 Å².